The van der Waals surface area contributed by atoms with Crippen LogP contribution in [-0.4, -0.2) is 74.2 Å². The molecule has 1 saturated heterocycles. The summed E-state index contributed by atoms with van der Waals surface area (Å²) in [5.74, 6) is 0. The van der Waals surface area contributed by atoms with Crippen molar-refractivity contribution in [2.45, 2.75) is 63.9 Å². The number of pyridine rings is 1. The molecule has 252 valence electrons. The van der Waals surface area contributed by atoms with Crippen LogP contribution in [-0.2, 0) is 27.3 Å². The van der Waals surface area contributed by atoms with Crippen LogP contribution in [0.5, 0.6) is 0 Å². The van der Waals surface area contributed by atoms with Crippen molar-refractivity contribution in [3.05, 3.63) is 82.3 Å². The van der Waals surface area contributed by atoms with Crippen molar-refractivity contribution in [3.8, 4) is 0 Å². The van der Waals surface area contributed by atoms with Gasteiger partial charge >= 0.3 is 17.3 Å². The summed E-state index contributed by atoms with van der Waals surface area (Å²) >= 11 is -1.48. The van der Waals surface area contributed by atoms with Crippen LogP contribution < -0.4 is 15.4 Å². The highest BCUT2D eigenvalue weighted by atomic mass is 32.2. The van der Waals surface area contributed by atoms with Gasteiger partial charge in [0.25, 0.3) is 5.56 Å². The number of rotatable bonds is 5. The Bertz CT molecular complexity index is 1890. The molecule has 0 N–H and O–H groups in total. The number of aromatic nitrogens is 3. The van der Waals surface area contributed by atoms with E-state index in [0.717, 1.165) is 11.1 Å². The van der Waals surface area contributed by atoms with Crippen LogP contribution in [0.4, 0.5) is 26.7 Å². The molecule has 12 nitrogen and oxygen atoms in total. The van der Waals surface area contributed by atoms with Crippen LogP contribution in [0.1, 0.15) is 50.8 Å². The first-order valence-corrected chi connectivity index (χ1v) is 17.6. The van der Waals surface area contributed by atoms with Crippen LogP contribution in [0, 0.1) is 6.92 Å². The van der Waals surface area contributed by atoms with E-state index in [1.807, 2.05) is 81.1 Å². The molecule has 0 saturated carbocycles. The largest absolute Gasteiger partial charge is 0.609 e. The minimum absolute atomic E-state index is 0.117. The Kier molecular flexibility index (Phi) is 9.35. The number of nitrogens with zero attached hydrogens (tertiary/aromatic N) is 6. The summed E-state index contributed by atoms with van der Waals surface area (Å²) in [6.45, 7) is 8.88. The van der Waals surface area contributed by atoms with Gasteiger partial charge in [-0.25, -0.2) is 9.59 Å². The van der Waals surface area contributed by atoms with Crippen LogP contribution in [0.3, 0.4) is 0 Å². The highest BCUT2D eigenvalue weighted by Crippen LogP contribution is 2.40. The Morgan fingerprint density at radius 2 is 1.79 bits per heavy atom. The maximum atomic E-state index is 14.7. The fourth-order valence-electron chi connectivity index (χ4n) is 6.29. The number of benzene rings is 2. The summed E-state index contributed by atoms with van der Waals surface area (Å²) in [4.78, 5) is 55.3. The van der Waals surface area contributed by atoms with Gasteiger partial charge in [0.05, 0.1) is 17.4 Å². The molecule has 0 aliphatic carbocycles. The number of likely N-dealkylation sites (tertiary alicyclic amines) is 1. The monoisotopic (exact) mass is 672 g/mol. The summed E-state index contributed by atoms with van der Waals surface area (Å²) in [6.07, 6.45) is 3.45. The number of ether oxygens (including phenoxy) is 2. The van der Waals surface area contributed by atoms with E-state index < -0.39 is 35.0 Å². The minimum Gasteiger partial charge on any atom is -0.609 e. The lowest BCUT2D eigenvalue weighted by molar-refractivity contribution is 0.0173. The van der Waals surface area contributed by atoms with Gasteiger partial charge in [-0.05, 0) is 63.8 Å². The van der Waals surface area contributed by atoms with Crippen molar-refractivity contribution < 1.29 is 23.6 Å². The molecule has 0 radical (unpaired) electrons. The molecule has 0 bridgehead atoms. The van der Waals surface area contributed by atoms with Crippen molar-refractivity contribution >= 4 is 51.5 Å². The standard InChI is InChI=1S/C35H40N6O6S/c1-23-11-9-15-27-29(23)40(34(44)46-22-24-12-7-6-8-13-24)18-17-39(27)28-19-25-20-36-32(48(5)45)37-30(25)41(31(28)42)26-14-10-16-38(21-26)33(43)47-35(2,3)4/h6-9,11-13,15,19-20,26H,10,14,16-18,21-22H2,1-5H3. The molecule has 4 aromatic rings. The minimum atomic E-state index is -1.48. The van der Waals surface area contributed by atoms with Crippen molar-refractivity contribution in [2.75, 3.05) is 42.2 Å². The van der Waals surface area contributed by atoms with Gasteiger partial charge in [-0.1, -0.05) is 42.5 Å². The summed E-state index contributed by atoms with van der Waals surface area (Å²) in [6, 6.07) is 16.5. The number of carbonyl (C=O) groups is 2. The number of aryl methyl sites for hydroxylation is 1. The van der Waals surface area contributed by atoms with E-state index in [0.29, 0.717) is 54.0 Å². The zero-order valence-corrected chi connectivity index (χ0v) is 28.7. The topological polar surface area (TPSA) is 133 Å². The molecule has 2 aromatic heterocycles. The number of carbonyl (C=O) groups excluding carboxylic acids is 2. The van der Waals surface area contributed by atoms with Gasteiger partial charge in [-0.15, -0.1) is 0 Å². The Morgan fingerprint density at radius 1 is 1.02 bits per heavy atom. The molecule has 2 aromatic carbocycles. The third-order valence-corrected chi connectivity index (χ3v) is 9.15. The van der Waals surface area contributed by atoms with Gasteiger partial charge in [0.1, 0.15) is 24.2 Å². The van der Waals surface area contributed by atoms with E-state index in [1.165, 1.54) is 6.26 Å². The number of para-hydroxylation sites is 1. The van der Waals surface area contributed by atoms with Crippen molar-refractivity contribution in [1.82, 2.24) is 19.4 Å². The number of hydrogen-bond acceptors (Lipinski definition) is 9. The lowest BCUT2D eigenvalue weighted by atomic mass is 10.0. The quantitative estimate of drug-likeness (QED) is 0.193. The van der Waals surface area contributed by atoms with Crippen LogP contribution in [0.2, 0.25) is 0 Å². The average molecular weight is 673 g/mol. The number of piperidine rings is 1. The Morgan fingerprint density at radius 3 is 2.52 bits per heavy atom. The van der Waals surface area contributed by atoms with Crippen LogP contribution in [0.15, 0.2) is 70.7 Å². The second kappa shape index (κ2) is 13.5. The van der Waals surface area contributed by atoms with E-state index >= 15 is 0 Å². The van der Waals surface area contributed by atoms with Crippen molar-refractivity contribution in [2.24, 2.45) is 0 Å². The third kappa shape index (κ3) is 6.83. The summed E-state index contributed by atoms with van der Waals surface area (Å²) in [7, 11) is 0. The Balaban J connectivity index is 1.40. The smallest absolute Gasteiger partial charge is 0.414 e. The van der Waals surface area contributed by atoms with E-state index in [4.69, 9.17) is 9.47 Å². The van der Waals surface area contributed by atoms with Gasteiger partial charge in [-0.3, -0.25) is 14.3 Å². The molecule has 48 heavy (non-hydrogen) atoms. The predicted molar refractivity (Wildman–Crippen MR) is 184 cm³/mol. The van der Waals surface area contributed by atoms with Gasteiger partial charge in [0.2, 0.25) is 0 Å². The molecule has 2 aliphatic heterocycles. The number of amides is 2. The van der Waals surface area contributed by atoms with E-state index in [2.05, 4.69) is 9.97 Å². The van der Waals surface area contributed by atoms with Gasteiger partial charge in [0.15, 0.2) is 5.65 Å². The summed E-state index contributed by atoms with van der Waals surface area (Å²) in [5.41, 5.74) is 2.86. The van der Waals surface area contributed by atoms with Gasteiger partial charge in [0, 0.05) is 48.9 Å². The predicted octanol–water partition coefficient (Wildman–Crippen LogP) is 5.70. The molecular weight excluding hydrogens is 632 g/mol. The first-order chi connectivity index (χ1) is 22.9. The number of anilines is 3. The fourth-order valence-corrected chi connectivity index (χ4v) is 6.71. The average Bonchev–Trinajstić information content (AvgIpc) is 3.06. The van der Waals surface area contributed by atoms with E-state index in [1.54, 1.807) is 26.6 Å². The third-order valence-electron chi connectivity index (χ3n) is 8.44. The van der Waals surface area contributed by atoms with E-state index in [9.17, 15) is 18.9 Å². The van der Waals surface area contributed by atoms with Crippen molar-refractivity contribution in [3.63, 3.8) is 0 Å². The molecule has 4 heterocycles. The molecule has 2 atom stereocenters. The highest BCUT2D eigenvalue weighted by molar-refractivity contribution is 7.90. The lowest BCUT2D eigenvalue weighted by Crippen LogP contribution is -2.47. The Hall–Kier alpha value is -4.62. The first kappa shape index (κ1) is 33.3. The second-order valence-electron chi connectivity index (χ2n) is 13.1. The molecule has 1 fully saturated rings. The van der Waals surface area contributed by atoms with Gasteiger partial charge < -0.3 is 23.8 Å². The SMILES string of the molecule is Cc1cccc2c1N(C(=O)OCc1ccccc1)CCN2c1cc2cnc([S+](C)[O-])nc2n(C2CCCN(C(=O)OC(C)(C)C)C2)c1=O. The summed E-state index contributed by atoms with van der Waals surface area (Å²) < 4.78 is 25.4. The molecule has 0 spiro atoms. The van der Waals surface area contributed by atoms with Crippen LogP contribution >= 0.6 is 0 Å². The normalized spacial score (nSPS) is 17.2. The second-order valence-corrected chi connectivity index (χ2v) is 14.4. The molecule has 2 aliphatic rings. The zero-order valence-electron chi connectivity index (χ0n) is 27.8. The zero-order chi connectivity index (χ0) is 34.2. The van der Waals surface area contributed by atoms with Crippen LogP contribution in [0.25, 0.3) is 11.0 Å². The molecule has 2 amide bonds. The van der Waals surface area contributed by atoms with Gasteiger partial charge in [-0.2, -0.15) is 9.97 Å². The number of fused-ring (bicyclic) bond motifs is 2. The molecule has 13 heteroatoms. The maximum absolute atomic E-state index is 14.7. The fraction of sp³-hybridized carbons (Fsp3) is 0.400. The molecule has 6 rings (SSSR count). The molecule has 2 unspecified atom stereocenters. The first-order valence-electron chi connectivity index (χ1n) is 16.0. The molecular formula is C35H40N6O6S. The Labute approximate surface area is 282 Å². The highest BCUT2D eigenvalue weighted by Gasteiger charge is 2.34. The summed E-state index contributed by atoms with van der Waals surface area (Å²) in [5, 5.41) is 0.707. The maximum Gasteiger partial charge on any atom is 0.414 e. The van der Waals surface area contributed by atoms with Crippen molar-refractivity contribution in [1.29, 1.82) is 0 Å². The number of hydrogen-bond donors (Lipinski definition) is 0. The lowest BCUT2D eigenvalue weighted by Gasteiger charge is -2.39. The van der Waals surface area contributed by atoms with E-state index in [-0.39, 0.29) is 30.4 Å².